The Morgan fingerprint density at radius 1 is 1.57 bits per heavy atom. The van der Waals surface area contributed by atoms with Gasteiger partial charge in [-0.3, -0.25) is 0 Å². The molecular weight excluding hydrogens is 180 g/mol. The maximum Gasteiger partial charge on any atom is 0.231 e. The minimum atomic E-state index is 0.311. The number of hydrogen-bond acceptors (Lipinski definition) is 4. The van der Waals surface area contributed by atoms with E-state index in [0.29, 0.717) is 5.75 Å². The van der Waals surface area contributed by atoms with E-state index in [2.05, 4.69) is 12.2 Å². The standard InChI is InChI=1S/C9H13NO.CHNO/c1-2-6-10-8-4-3-5-9(11)7-8;2-1-3/h3-5,7,10-11H,2,6H2,1H3;2H. The van der Waals surface area contributed by atoms with E-state index in [4.69, 9.17) is 15.3 Å². The molecule has 0 aliphatic carbocycles. The first-order valence-electron chi connectivity index (χ1n) is 4.31. The summed E-state index contributed by atoms with van der Waals surface area (Å²) in [4.78, 5) is 8.35. The molecule has 0 unspecified atom stereocenters. The average Bonchev–Trinajstić information content (AvgIpc) is 2.16. The molecule has 0 aromatic heterocycles. The predicted octanol–water partition coefficient (Wildman–Crippen LogP) is 2.12. The highest BCUT2D eigenvalue weighted by Gasteiger charge is 1.90. The topological polar surface area (TPSA) is 73.2 Å². The minimum absolute atomic E-state index is 0.311. The number of phenolic OH excluding ortho intramolecular Hbond substituents is 1. The zero-order valence-corrected chi connectivity index (χ0v) is 8.08. The van der Waals surface area contributed by atoms with Crippen molar-refractivity contribution in [3.63, 3.8) is 0 Å². The highest BCUT2D eigenvalue weighted by atomic mass is 16.3. The van der Waals surface area contributed by atoms with Gasteiger partial charge in [-0.1, -0.05) is 13.0 Å². The molecule has 1 aromatic carbocycles. The number of isocyanates is 1. The van der Waals surface area contributed by atoms with Crippen molar-refractivity contribution >= 4 is 11.8 Å². The second-order valence-electron chi connectivity index (χ2n) is 2.58. The molecule has 0 saturated heterocycles. The number of anilines is 1. The quantitative estimate of drug-likeness (QED) is 0.509. The summed E-state index contributed by atoms with van der Waals surface area (Å²) in [5.41, 5.74) is 0.979. The fourth-order valence-electron chi connectivity index (χ4n) is 0.885. The third kappa shape index (κ3) is 5.80. The summed E-state index contributed by atoms with van der Waals surface area (Å²) >= 11 is 0. The van der Waals surface area contributed by atoms with Gasteiger partial charge in [-0.2, -0.15) is 0 Å². The maximum absolute atomic E-state index is 9.07. The van der Waals surface area contributed by atoms with Crippen LogP contribution in [0.4, 0.5) is 5.69 Å². The Kier molecular flexibility index (Phi) is 6.82. The molecule has 0 aliphatic rings. The zero-order valence-electron chi connectivity index (χ0n) is 8.08. The van der Waals surface area contributed by atoms with Gasteiger partial charge in [0.05, 0.1) is 0 Å². The van der Waals surface area contributed by atoms with Crippen molar-refractivity contribution in [1.29, 1.82) is 5.41 Å². The third-order valence-electron chi connectivity index (χ3n) is 1.43. The molecule has 0 amide bonds. The predicted molar refractivity (Wildman–Crippen MR) is 55.3 cm³/mol. The van der Waals surface area contributed by atoms with Crippen LogP contribution in [-0.2, 0) is 4.79 Å². The number of aromatic hydroxyl groups is 1. The average molecular weight is 194 g/mol. The van der Waals surface area contributed by atoms with E-state index in [1.165, 1.54) is 0 Å². The van der Waals surface area contributed by atoms with Gasteiger partial charge < -0.3 is 10.4 Å². The van der Waals surface area contributed by atoms with E-state index in [-0.39, 0.29) is 0 Å². The SMILES string of the molecule is CCCNc1cccc(O)c1.N=C=O. The molecule has 0 spiro atoms. The summed E-state index contributed by atoms with van der Waals surface area (Å²) in [5.74, 6) is 0.311. The number of rotatable bonds is 3. The summed E-state index contributed by atoms with van der Waals surface area (Å²) in [6.07, 6.45) is 1.84. The lowest BCUT2D eigenvalue weighted by atomic mass is 10.3. The van der Waals surface area contributed by atoms with Crippen LogP contribution >= 0.6 is 0 Å². The van der Waals surface area contributed by atoms with E-state index >= 15 is 0 Å². The number of benzene rings is 1. The van der Waals surface area contributed by atoms with Gasteiger partial charge in [0, 0.05) is 18.3 Å². The number of phenols is 1. The van der Waals surface area contributed by atoms with Gasteiger partial charge in [0.1, 0.15) is 5.75 Å². The van der Waals surface area contributed by atoms with E-state index in [9.17, 15) is 0 Å². The molecular formula is C10H14N2O2. The van der Waals surface area contributed by atoms with Gasteiger partial charge in [0.2, 0.25) is 6.08 Å². The molecule has 1 aromatic rings. The molecule has 3 N–H and O–H groups in total. The first-order valence-corrected chi connectivity index (χ1v) is 4.31. The summed E-state index contributed by atoms with van der Waals surface area (Å²) in [5, 5.41) is 17.7. The molecule has 76 valence electrons. The lowest BCUT2D eigenvalue weighted by molar-refractivity contribution is 0.475. The maximum atomic E-state index is 9.07. The Morgan fingerprint density at radius 3 is 2.71 bits per heavy atom. The van der Waals surface area contributed by atoms with Crippen LogP contribution in [0.2, 0.25) is 0 Å². The van der Waals surface area contributed by atoms with Crippen molar-refractivity contribution in [2.45, 2.75) is 13.3 Å². The molecule has 4 heteroatoms. The van der Waals surface area contributed by atoms with Gasteiger partial charge in [-0.05, 0) is 18.6 Å². The lowest BCUT2D eigenvalue weighted by Gasteiger charge is -2.03. The van der Waals surface area contributed by atoms with Crippen LogP contribution in [0.3, 0.4) is 0 Å². The third-order valence-corrected chi connectivity index (χ3v) is 1.43. The molecule has 0 atom stereocenters. The van der Waals surface area contributed by atoms with Crippen molar-refractivity contribution in [2.75, 3.05) is 11.9 Å². The number of carbonyl (C=O) groups excluding carboxylic acids is 1. The Hall–Kier alpha value is -1.80. The fraction of sp³-hybridized carbons (Fsp3) is 0.300. The summed E-state index contributed by atoms with van der Waals surface area (Å²) in [6, 6.07) is 7.15. The number of hydrogen-bond donors (Lipinski definition) is 3. The van der Waals surface area contributed by atoms with Crippen LogP contribution in [0.25, 0.3) is 0 Å². The first-order chi connectivity index (χ1) is 6.74. The normalized spacial score (nSPS) is 8.07. The highest BCUT2D eigenvalue weighted by molar-refractivity contribution is 5.47. The molecule has 0 radical (unpaired) electrons. The molecule has 0 saturated carbocycles. The fourth-order valence-corrected chi connectivity index (χ4v) is 0.885. The van der Waals surface area contributed by atoms with Crippen LogP contribution in [0, 0.1) is 5.41 Å². The van der Waals surface area contributed by atoms with Crippen LogP contribution in [-0.4, -0.2) is 17.7 Å². The largest absolute Gasteiger partial charge is 0.508 e. The first kappa shape index (κ1) is 12.2. The van der Waals surface area contributed by atoms with Crippen molar-refractivity contribution in [3.8, 4) is 5.75 Å². The Morgan fingerprint density at radius 2 is 2.21 bits per heavy atom. The summed E-state index contributed by atoms with van der Waals surface area (Å²) in [7, 11) is 0. The molecule has 4 nitrogen and oxygen atoms in total. The summed E-state index contributed by atoms with van der Waals surface area (Å²) in [6.45, 7) is 3.05. The Bertz CT molecular complexity index is 294. The van der Waals surface area contributed by atoms with Crippen molar-refractivity contribution in [2.24, 2.45) is 0 Å². The second kappa shape index (κ2) is 7.83. The van der Waals surface area contributed by atoms with Crippen molar-refractivity contribution in [1.82, 2.24) is 0 Å². The molecule has 14 heavy (non-hydrogen) atoms. The van der Waals surface area contributed by atoms with Gasteiger partial charge >= 0.3 is 0 Å². The lowest BCUT2D eigenvalue weighted by Crippen LogP contribution is -1.98. The Labute approximate surface area is 83.1 Å². The Balaban J connectivity index is 0.000000500. The van der Waals surface area contributed by atoms with E-state index in [1.807, 2.05) is 12.1 Å². The van der Waals surface area contributed by atoms with Crippen molar-refractivity contribution < 1.29 is 9.90 Å². The molecule has 0 aliphatic heterocycles. The van der Waals surface area contributed by atoms with Crippen LogP contribution in [0.15, 0.2) is 24.3 Å². The van der Waals surface area contributed by atoms with Crippen LogP contribution in [0.1, 0.15) is 13.3 Å². The number of nitrogens with one attached hydrogen (secondary N) is 2. The zero-order chi connectivity index (χ0) is 10.8. The highest BCUT2D eigenvalue weighted by Crippen LogP contribution is 2.14. The van der Waals surface area contributed by atoms with Gasteiger partial charge in [0.25, 0.3) is 0 Å². The molecule has 0 heterocycles. The monoisotopic (exact) mass is 194 g/mol. The van der Waals surface area contributed by atoms with E-state index in [1.54, 1.807) is 12.1 Å². The van der Waals surface area contributed by atoms with Crippen LogP contribution in [0.5, 0.6) is 5.75 Å². The molecule has 0 bridgehead atoms. The van der Waals surface area contributed by atoms with E-state index in [0.717, 1.165) is 24.7 Å². The summed E-state index contributed by atoms with van der Waals surface area (Å²) < 4.78 is 0. The van der Waals surface area contributed by atoms with Gasteiger partial charge in [-0.15, -0.1) is 0 Å². The van der Waals surface area contributed by atoms with E-state index < -0.39 is 0 Å². The molecule has 1 rings (SSSR count). The van der Waals surface area contributed by atoms with Crippen molar-refractivity contribution in [3.05, 3.63) is 24.3 Å². The van der Waals surface area contributed by atoms with Gasteiger partial charge in [0.15, 0.2) is 0 Å². The van der Waals surface area contributed by atoms with Crippen LogP contribution < -0.4 is 5.32 Å². The minimum Gasteiger partial charge on any atom is -0.508 e. The molecule has 0 fully saturated rings. The smallest absolute Gasteiger partial charge is 0.231 e. The van der Waals surface area contributed by atoms with Gasteiger partial charge in [-0.25, -0.2) is 10.2 Å². The second-order valence-corrected chi connectivity index (χ2v) is 2.58.